The minimum atomic E-state index is -0.361. The topological polar surface area (TPSA) is 49.9 Å². The lowest BCUT2D eigenvalue weighted by Gasteiger charge is -2.10. The number of halogens is 1. The molecule has 1 aromatic carbocycles. The number of nitrogens with one attached hydrogen (secondary N) is 1. The molecule has 3 nitrogen and oxygen atoms in total. The molecule has 0 unspecified atom stereocenters. The SMILES string of the molecule is CC.Cc1cc2cc(C=O)c(=O)[nH]c2c(C)c1CCl. The first-order valence-corrected chi connectivity index (χ1v) is 6.79. The maximum absolute atomic E-state index is 11.6. The van der Waals surface area contributed by atoms with E-state index in [1.165, 1.54) is 0 Å². The van der Waals surface area contributed by atoms with Gasteiger partial charge < -0.3 is 4.98 Å². The Balaban J connectivity index is 0.000000861. The van der Waals surface area contributed by atoms with Gasteiger partial charge >= 0.3 is 0 Å². The summed E-state index contributed by atoms with van der Waals surface area (Å²) >= 11 is 5.89. The molecule has 1 aromatic heterocycles. The molecule has 2 rings (SSSR count). The van der Waals surface area contributed by atoms with Crippen molar-refractivity contribution in [1.82, 2.24) is 4.98 Å². The molecule has 0 saturated carbocycles. The highest BCUT2D eigenvalue weighted by Gasteiger charge is 2.09. The minimum Gasteiger partial charge on any atom is -0.321 e. The summed E-state index contributed by atoms with van der Waals surface area (Å²) in [5.41, 5.74) is 3.59. The number of alkyl halides is 1. The second kappa shape index (κ2) is 6.53. The number of benzene rings is 1. The highest BCUT2D eigenvalue weighted by molar-refractivity contribution is 6.17. The molecule has 4 heteroatoms. The van der Waals surface area contributed by atoms with Crippen LogP contribution in [0.15, 0.2) is 16.9 Å². The van der Waals surface area contributed by atoms with Crippen LogP contribution in [0, 0.1) is 13.8 Å². The third kappa shape index (κ3) is 2.87. The fraction of sp³-hybridized carbons (Fsp3) is 0.333. The van der Waals surface area contributed by atoms with Crippen LogP contribution in [0.4, 0.5) is 0 Å². The van der Waals surface area contributed by atoms with Crippen LogP contribution in [0.3, 0.4) is 0 Å². The lowest BCUT2D eigenvalue weighted by atomic mass is 9.99. The lowest BCUT2D eigenvalue weighted by molar-refractivity contribution is 0.112. The average Bonchev–Trinajstić information content (AvgIpc) is 2.42. The van der Waals surface area contributed by atoms with E-state index >= 15 is 0 Å². The molecule has 1 heterocycles. The van der Waals surface area contributed by atoms with Crippen molar-refractivity contribution < 1.29 is 4.79 Å². The van der Waals surface area contributed by atoms with Crippen molar-refractivity contribution in [2.75, 3.05) is 0 Å². The Labute approximate surface area is 117 Å². The normalized spacial score (nSPS) is 9.95. The van der Waals surface area contributed by atoms with Gasteiger partial charge in [0.25, 0.3) is 5.56 Å². The number of hydrogen-bond donors (Lipinski definition) is 1. The number of pyridine rings is 1. The molecule has 0 aliphatic rings. The van der Waals surface area contributed by atoms with Crippen LogP contribution in [-0.2, 0) is 5.88 Å². The number of H-pyrrole nitrogens is 1. The standard InChI is InChI=1S/C13H12ClNO2.C2H6/c1-7-3-9-4-10(6-16)13(17)15-12(9)8(2)11(7)5-14;1-2/h3-4,6H,5H2,1-2H3,(H,15,17);1-2H3. The Bertz CT molecular complexity index is 659. The van der Waals surface area contributed by atoms with Gasteiger partial charge in [-0.15, -0.1) is 11.6 Å². The van der Waals surface area contributed by atoms with Crippen molar-refractivity contribution in [1.29, 1.82) is 0 Å². The Hall–Kier alpha value is -1.61. The molecule has 0 aliphatic heterocycles. The number of aldehydes is 1. The van der Waals surface area contributed by atoms with Gasteiger partial charge in [-0.1, -0.05) is 13.8 Å². The van der Waals surface area contributed by atoms with E-state index in [1.807, 2.05) is 33.8 Å². The highest BCUT2D eigenvalue weighted by Crippen LogP contribution is 2.24. The Morgan fingerprint density at radius 1 is 1.26 bits per heavy atom. The number of aromatic amines is 1. The van der Waals surface area contributed by atoms with Gasteiger partial charge in [-0.3, -0.25) is 9.59 Å². The number of fused-ring (bicyclic) bond motifs is 1. The molecule has 19 heavy (non-hydrogen) atoms. The molecule has 2 aromatic rings. The second-order valence-electron chi connectivity index (χ2n) is 4.07. The van der Waals surface area contributed by atoms with Gasteiger partial charge in [-0.25, -0.2) is 0 Å². The van der Waals surface area contributed by atoms with Crippen LogP contribution in [0.2, 0.25) is 0 Å². The van der Waals surface area contributed by atoms with E-state index in [4.69, 9.17) is 11.6 Å². The van der Waals surface area contributed by atoms with E-state index in [1.54, 1.807) is 6.07 Å². The first-order chi connectivity index (χ1) is 9.08. The van der Waals surface area contributed by atoms with Crippen molar-refractivity contribution in [3.63, 3.8) is 0 Å². The van der Waals surface area contributed by atoms with Gasteiger partial charge in [0, 0.05) is 5.88 Å². The quantitative estimate of drug-likeness (QED) is 0.673. The number of carbonyl (C=O) groups is 1. The molecule has 1 N–H and O–H groups in total. The van der Waals surface area contributed by atoms with Gasteiger partial charge in [-0.2, -0.15) is 0 Å². The van der Waals surface area contributed by atoms with Gasteiger partial charge in [0.1, 0.15) is 0 Å². The summed E-state index contributed by atoms with van der Waals surface area (Å²) in [5, 5.41) is 0.857. The summed E-state index contributed by atoms with van der Waals surface area (Å²) in [4.78, 5) is 25.0. The zero-order valence-electron chi connectivity index (χ0n) is 11.6. The first-order valence-electron chi connectivity index (χ1n) is 6.25. The van der Waals surface area contributed by atoms with Crippen LogP contribution >= 0.6 is 11.6 Å². The Kier molecular flexibility index (Phi) is 5.31. The number of rotatable bonds is 2. The van der Waals surface area contributed by atoms with Crippen LogP contribution in [0.5, 0.6) is 0 Å². The van der Waals surface area contributed by atoms with E-state index < -0.39 is 0 Å². The predicted molar refractivity (Wildman–Crippen MR) is 80.3 cm³/mol. The van der Waals surface area contributed by atoms with Gasteiger partial charge in [-0.05, 0) is 48.1 Å². The predicted octanol–water partition coefficient (Wildman–Crippen LogP) is 3.72. The van der Waals surface area contributed by atoms with Crippen molar-refractivity contribution in [3.8, 4) is 0 Å². The molecule has 0 amide bonds. The van der Waals surface area contributed by atoms with Crippen molar-refractivity contribution in [2.24, 2.45) is 0 Å². The van der Waals surface area contributed by atoms with Crippen LogP contribution < -0.4 is 5.56 Å². The zero-order valence-corrected chi connectivity index (χ0v) is 12.4. The number of aryl methyl sites for hydroxylation is 2. The minimum absolute atomic E-state index is 0.148. The monoisotopic (exact) mass is 279 g/mol. The highest BCUT2D eigenvalue weighted by atomic mass is 35.5. The van der Waals surface area contributed by atoms with E-state index in [0.717, 1.165) is 27.6 Å². The Morgan fingerprint density at radius 3 is 2.42 bits per heavy atom. The van der Waals surface area contributed by atoms with E-state index in [0.29, 0.717) is 12.2 Å². The van der Waals surface area contributed by atoms with E-state index in [2.05, 4.69) is 4.98 Å². The van der Waals surface area contributed by atoms with E-state index in [-0.39, 0.29) is 11.1 Å². The van der Waals surface area contributed by atoms with Gasteiger partial charge in [0.2, 0.25) is 0 Å². The maximum Gasteiger partial charge on any atom is 0.259 e. The largest absolute Gasteiger partial charge is 0.321 e. The second-order valence-corrected chi connectivity index (χ2v) is 4.33. The molecule has 0 spiro atoms. The molecule has 0 aliphatic carbocycles. The fourth-order valence-corrected chi connectivity index (χ4v) is 2.46. The molecule has 0 bridgehead atoms. The van der Waals surface area contributed by atoms with Crippen molar-refractivity contribution >= 4 is 28.8 Å². The van der Waals surface area contributed by atoms with Crippen LogP contribution in [0.25, 0.3) is 10.9 Å². The van der Waals surface area contributed by atoms with Crippen molar-refractivity contribution in [2.45, 2.75) is 33.6 Å². The Morgan fingerprint density at radius 2 is 1.89 bits per heavy atom. The third-order valence-electron chi connectivity index (χ3n) is 3.04. The smallest absolute Gasteiger partial charge is 0.259 e. The molecule has 0 fully saturated rings. The molecule has 0 atom stereocenters. The summed E-state index contributed by atoms with van der Waals surface area (Å²) in [6, 6.07) is 3.54. The van der Waals surface area contributed by atoms with Gasteiger partial charge in [0.05, 0.1) is 11.1 Å². The average molecular weight is 280 g/mol. The first kappa shape index (κ1) is 15.4. The number of hydrogen-bond acceptors (Lipinski definition) is 2. The molecular weight excluding hydrogens is 262 g/mol. The van der Waals surface area contributed by atoms with Crippen molar-refractivity contribution in [3.05, 3.63) is 44.7 Å². The lowest BCUT2D eigenvalue weighted by Crippen LogP contribution is -2.12. The summed E-state index contributed by atoms with van der Waals surface area (Å²) in [6.07, 6.45) is 0.568. The maximum atomic E-state index is 11.6. The molecule has 102 valence electrons. The number of carbonyl (C=O) groups excluding carboxylic acids is 1. The molecular formula is C15H18ClNO2. The third-order valence-corrected chi connectivity index (χ3v) is 3.30. The van der Waals surface area contributed by atoms with Crippen LogP contribution in [0.1, 0.15) is 40.9 Å². The summed E-state index contributed by atoms with van der Waals surface area (Å²) in [6.45, 7) is 7.89. The number of aromatic nitrogens is 1. The van der Waals surface area contributed by atoms with E-state index in [9.17, 15) is 9.59 Å². The molecule has 0 saturated heterocycles. The van der Waals surface area contributed by atoms with Gasteiger partial charge in [0.15, 0.2) is 6.29 Å². The summed E-state index contributed by atoms with van der Waals surface area (Å²) < 4.78 is 0. The fourth-order valence-electron chi connectivity index (χ4n) is 2.05. The summed E-state index contributed by atoms with van der Waals surface area (Å²) in [7, 11) is 0. The summed E-state index contributed by atoms with van der Waals surface area (Å²) in [5.74, 6) is 0.408. The zero-order chi connectivity index (χ0) is 14.6. The molecule has 0 radical (unpaired) electrons. The van der Waals surface area contributed by atoms with Crippen LogP contribution in [-0.4, -0.2) is 11.3 Å².